The minimum atomic E-state index is -1.72. The van der Waals surface area contributed by atoms with Gasteiger partial charge in [-0.2, -0.15) is 0 Å². The summed E-state index contributed by atoms with van der Waals surface area (Å²) in [6.45, 7) is 1.69. The highest BCUT2D eigenvalue weighted by molar-refractivity contribution is 5.88. The summed E-state index contributed by atoms with van der Waals surface area (Å²) in [7, 11) is 1.33. The highest BCUT2D eigenvalue weighted by atomic mass is 16.7. The number of aliphatic hydroxyl groups is 3. The average molecular weight is 476 g/mol. The molecule has 0 unspecified atom stereocenters. The highest BCUT2D eigenvalue weighted by Gasteiger charge is 2.45. The van der Waals surface area contributed by atoms with Crippen LogP contribution in [0.1, 0.15) is 13.3 Å². The first-order valence-electron chi connectivity index (χ1n) is 10.4. The third-order valence-corrected chi connectivity index (χ3v) is 5.66. The van der Waals surface area contributed by atoms with Crippen molar-refractivity contribution in [3.8, 4) is 40.1 Å². The third kappa shape index (κ3) is 3.99. The molecule has 11 nitrogen and oxygen atoms in total. The number of rotatable bonds is 5. The van der Waals surface area contributed by atoms with Gasteiger partial charge in [0.2, 0.25) is 17.5 Å². The van der Waals surface area contributed by atoms with Crippen LogP contribution in [0.2, 0.25) is 0 Å². The summed E-state index contributed by atoms with van der Waals surface area (Å²) in [6, 6.07) is 6.14. The maximum Gasteiger partial charge on any atom is 0.239 e. The average Bonchev–Trinajstić information content (AvgIpc) is 2.80. The van der Waals surface area contributed by atoms with E-state index in [-0.39, 0.29) is 46.0 Å². The molecule has 0 bridgehead atoms. The molecule has 1 aliphatic rings. The molecular weight excluding hydrogens is 452 g/mol. The lowest BCUT2D eigenvalue weighted by molar-refractivity contribution is -0.272. The van der Waals surface area contributed by atoms with Gasteiger partial charge in [0.05, 0.1) is 13.2 Å². The molecule has 0 amide bonds. The Hall–Kier alpha value is -3.51. The van der Waals surface area contributed by atoms with E-state index in [1.165, 1.54) is 25.3 Å². The van der Waals surface area contributed by atoms with Gasteiger partial charge in [-0.05, 0) is 24.6 Å². The lowest BCUT2D eigenvalue weighted by Gasteiger charge is -2.39. The van der Waals surface area contributed by atoms with E-state index in [9.17, 15) is 35.4 Å². The Kier molecular flexibility index (Phi) is 6.28. The third-order valence-electron chi connectivity index (χ3n) is 5.66. The standard InChI is InChI=1S/C23H24O11/c1-3-13-17(27)19(29)20(30)23(33-13)34-22-18(28)16-12(26)7-10(24)8-15(16)32-21(22)9-4-5-11(25)14(6-9)31-2/h4-8,13,17,19-20,23-27,29-30H,3H2,1-2H3/t13-,17-,19+,20-,23+/m1/s1. The van der Waals surface area contributed by atoms with E-state index in [1.807, 2.05) is 0 Å². The van der Waals surface area contributed by atoms with Crippen LogP contribution in [0.5, 0.6) is 28.7 Å². The first-order valence-corrected chi connectivity index (χ1v) is 10.4. The second kappa shape index (κ2) is 9.03. The summed E-state index contributed by atoms with van der Waals surface area (Å²) in [6.07, 6.45) is -6.89. The maximum absolute atomic E-state index is 13.4. The van der Waals surface area contributed by atoms with Crippen molar-refractivity contribution in [1.82, 2.24) is 0 Å². The second-order valence-electron chi connectivity index (χ2n) is 7.85. The van der Waals surface area contributed by atoms with Crippen LogP contribution in [0.4, 0.5) is 0 Å². The topological polar surface area (TPSA) is 179 Å². The van der Waals surface area contributed by atoms with Crippen LogP contribution in [-0.2, 0) is 4.74 Å². The van der Waals surface area contributed by atoms with Gasteiger partial charge >= 0.3 is 0 Å². The molecule has 2 heterocycles. The zero-order valence-corrected chi connectivity index (χ0v) is 18.2. The van der Waals surface area contributed by atoms with E-state index in [4.69, 9.17) is 18.6 Å². The molecule has 3 aromatic rings. The number of hydrogen-bond donors (Lipinski definition) is 6. The second-order valence-corrected chi connectivity index (χ2v) is 7.85. The largest absolute Gasteiger partial charge is 0.508 e. The van der Waals surface area contributed by atoms with Crippen molar-refractivity contribution in [3.63, 3.8) is 0 Å². The van der Waals surface area contributed by atoms with Gasteiger partial charge in [-0.15, -0.1) is 0 Å². The summed E-state index contributed by atoms with van der Waals surface area (Å²) in [5.74, 6) is -1.72. The van der Waals surface area contributed by atoms with E-state index < -0.39 is 47.6 Å². The summed E-state index contributed by atoms with van der Waals surface area (Å²) in [4.78, 5) is 13.4. The van der Waals surface area contributed by atoms with Gasteiger partial charge in [0.15, 0.2) is 17.3 Å². The van der Waals surface area contributed by atoms with Gasteiger partial charge in [-0.1, -0.05) is 6.92 Å². The number of phenols is 3. The van der Waals surface area contributed by atoms with Crippen LogP contribution < -0.4 is 14.9 Å². The molecule has 5 atom stereocenters. The Labute approximate surface area is 192 Å². The molecule has 0 saturated carbocycles. The van der Waals surface area contributed by atoms with Gasteiger partial charge < -0.3 is 49.3 Å². The Bertz CT molecular complexity index is 1270. The Balaban J connectivity index is 1.92. The van der Waals surface area contributed by atoms with Gasteiger partial charge in [0.1, 0.15) is 40.8 Å². The molecule has 182 valence electrons. The molecule has 6 N–H and O–H groups in total. The molecule has 0 spiro atoms. The number of hydrogen-bond acceptors (Lipinski definition) is 11. The van der Waals surface area contributed by atoms with Gasteiger partial charge in [-0.3, -0.25) is 4.79 Å². The molecule has 34 heavy (non-hydrogen) atoms. The van der Waals surface area contributed by atoms with Crippen LogP contribution >= 0.6 is 0 Å². The molecular formula is C23H24O11. The predicted octanol–water partition coefficient (Wildman–Crippen LogP) is 1.18. The van der Waals surface area contributed by atoms with E-state index >= 15 is 0 Å². The smallest absolute Gasteiger partial charge is 0.239 e. The van der Waals surface area contributed by atoms with Crippen LogP contribution in [0.3, 0.4) is 0 Å². The molecule has 11 heteroatoms. The fourth-order valence-electron chi connectivity index (χ4n) is 3.85. The first-order chi connectivity index (χ1) is 16.2. The molecule has 1 fully saturated rings. The monoisotopic (exact) mass is 476 g/mol. The lowest BCUT2D eigenvalue weighted by Crippen LogP contribution is -2.59. The number of methoxy groups -OCH3 is 1. The Morgan fingerprint density at radius 3 is 2.38 bits per heavy atom. The molecule has 4 rings (SSSR count). The van der Waals surface area contributed by atoms with Crippen LogP contribution in [0, 0.1) is 0 Å². The fraction of sp³-hybridized carbons (Fsp3) is 0.348. The number of fused-ring (bicyclic) bond motifs is 1. The summed E-state index contributed by atoms with van der Waals surface area (Å²) in [5, 5.41) is 60.5. The normalized spacial score (nSPS) is 24.8. The van der Waals surface area contributed by atoms with Gasteiger partial charge in [-0.25, -0.2) is 0 Å². The number of ether oxygens (including phenoxy) is 3. The molecule has 1 aromatic heterocycles. The van der Waals surface area contributed by atoms with E-state index in [0.29, 0.717) is 0 Å². The van der Waals surface area contributed by atoms with Gasteiger partial charge in [0, 0.05) is 17.7 Å². The maximum atomic E-state index is 13.4. The van der Waals surface area contributed by atoms with Crippen molar-refractivity contribution in [3.05, 3.63) is 40.6 Å². The summed E-state index contributed by atoms with van der Waals surface area (Å²) < 4.78 is 22.2. The molecule has 1 saturated heterocycles. The quantitative estimate of drug-likeness (QED) is 0.311. The number of aliphatic hydroxyl groups excluding tert-OH is 3. The minimum Gasteiger partial charge on any atom is -0.508 e. The SMILES string of the molecule is CC[C@H]1O[C@@H](Oc2c(-c3ccc(O)c(OC)c3)oc3cc(O)cc(O)c3c2=O)[C@H](O)[C@@H](O)[C@@H]1O. The first kappa shape index (κ1) is 23.6. The summed E-state index contributed by atoms with van der Waals surface area (Å²) in [5.41, 5.74) is -0.807. The molecule has 1 aliphatic heterocycles. The van der Waals surface area contributed by atoms with Crippen molar-refractivity contribution in [1.29, 1.82) is 0 Å². The van der Waals surface area contributed by atoms with Crippen molar-refractivity contribution >= 4 is 11.0 Å². The zero-order chi connectivity index (χ0) is 24.7. The number of benzene rings is 2. The van der Waals surface area contributed by atoms with Crippen molar-refractivity contribution < 1.29 is 49.3 Å². The highest BCUT2D eigenvalue weighted by Crippen LogP contribution is 2.39. The molecule has 0 radical (unpaired) electrons. The summed E-state index contributed by atoms with van der Waals surface area (Å²) >= 11 is 0. The Morgan fingerprint density at radius 1 is 0.971 bits per heavy atom. The predicted molar refractivity (Wildman–Crippen MR) is 117 cm³/mol. The van der Waals surface area contributed by atoms with E-state index in [1.54, 1.807) is 6.92 Å². The van der Waals surface area contributed by atoms with Gasteiger partial charge in [0.25, 0.3) is 0 Å². The van der Waals surface area contributed by atoms with Crippen LogP contribution in [-0.4, -0.2) is 68.5 Å². The van der Waals surface area contributed by atoms with Crippen molar-refractivity contribution in [2.75, 3.05) is 7.11 Å². The van der Waals surface area contributed by atoms with Crippen LogP contribution in [0.15, 0.2) is 39.5 Å². The van der Waals surface area contributed by atoms with Crippen LogP contribution in [0.25, 0.3) is 22.3 Å². The van der Waals surface area contributed by atoms with Crippen molar-refractivity contribution in [2.45, 2.75) is 44.1 Å². The number of aromatic hydroxyl groups is 3. The molecule has 2 aromatic carbocycles. The van der Waals surface area contributed by atoms with E-state index in [2.05, 4.69) is 0 Å². The molecule has 0 aliphatic carbocycles. The van der Waals surface area contributed by atoms with E-state index in [0.717, 1.165) is 12.1 Å². The number of phenolic OH excluding ortho intramolecular Hbond substituents is 3. The Morgan fingerprint density at radius 2 is 1.71 bits per heavy atom. The van der Waals surface area contributed by atoms with Crippen molar-refractivity contribution in [2.24, 2.45) is 0 Å². The lowest BCUT2D eigenvalue weighted by atomic mass is 9.97. The minimum absolute atomic E-state index is 0.0588. The fourth-order valence-corrected chi connectivity index (χ4v) is 3.85. The zero-order valence-electron chi connectivity index (χ0n) is 18.2.